The van der Waals surface area contributed by atoms with Crippen LogP contribution in [-0.4, -0.2) is 30.8 Å². The van der Waals surface area contributed by atoms with Crippen LogP contribution in [0.4, 0.5) is 13.2 Å². The van der Waals surface area contributed by atoms with E-state index in [0.717, 1.165) is 44.2 Å². The maximum absolute atomic E-state index is 13.2. The standard InChI is InChI=1S/C23H32F3NO4S/c1-21(2,32(29,30)20-8-6-7-19(14-20)31-23(24,25)26)17-11-16(12-17)13-18(28)15-22(27)9-4-3-5-10-22/h6-8,14,16-17H,3-5,9-13,15,27H2,1-2H3. The highest BCUT2D eigenvalue weighted by molar-refractivity contribution is 7.92. The number of carbonyl (C=O) groups excluding carboxylic acids is 1. The second-order valence-corrected chi connectivity index (χ2v) is 12.5. The van der Waals surface area contributed by atoms with Crippen LogP contribution < -0.4 is 10.5 Å². The molecular formula is C23H32F3NO4S. The summed E-state index contributed by atoms with van der Waals surface area (Å²) in [7, 11) is -3.91. The number of hydrogen-bond acceptors (Lipinski definition) is 5. The Kier molecular flexibility index (Phi) is 7.01. The number of carbonyl (C=O) groups is 1. The van der Waals surface area contributed by atoms with E-state index in [1.165, 1.54) is 12.1 Å². The highest BCUT2D eigenvalue weighted by Gasteiger charge is 2.49. The quantitative estimate of drug-likeness (QED) is 0.560. The average Bonchev–Trinajstić information content (AvgIpc) is 2.63. The molecule has 3 rings (SSSR count). The van der Waals surface area contributed by atoms with Crippen LogP contribution in [0.2, 0.25) is 0 Å². The highest BCUT2D eigenvalue weighted by Crippen LogP contribution is 2.48. The summed E-state index contributed by atoms with van der Waals surface area (Å²) in [6.45, 7) is 3.19. The van der Waals surface area contributed by atoms with Crippen molar-refractivity contribution in [3.05, 3.63) is 24.3 Å². The average molecular weight is 476 g/mol. The lowest BCUT2D eigenvalue weighted by atomic mass is 9.66. The Morgan fingerprint density at radius 3 is 2.38 bits per heavy atom. The number of rotatable bonds is 8. The van der Waals surface area contributed by atoms with Crippen LogP contribution >= 0.6 is 0 Å². The molecule has 0 unspecified atom stereocenters. The lowest BCUT2D eigenvalue weighted by molar-refractivity contribution is -0.274. The van der Waals surface area contributed by atoms with Crippen LogP contribution in [-0.2, 0) is 14.6 Å². The van der Waals surface area contributed by atoms with Crippen molar-refractivity contribution in [1.82, 2.24) is 0 Å². The summed E-state index contributed by atoms with van der Waals surface area (Å²) in [6, 6.07) is 4.50. The predicted molar refractivity (Wildman–Crippen MR) is 115 cm³/mol. The lowest BCUT2D eigenvalue weighted by Crippen LogP contribution is -2.47. The molecule has 0 atom stereocenters. The third-order valence-electron chi connectivity index (χ3n) is 7.18. The Morgan fingerprint density at radius 2 is 1.78 bits per heavy atom. The largest absolute Gasteiger partial charge is 0.573 e. The molecule has 1 aromatic carbocycles. The number of halogens is 3. The van der Waals surface area contributed by atoms with E-state index in [2.05, 4.69) is 4.74 Å². The first-order valence-electron chi connectivity index (χ1n) is 11.1. The predicted octanol–water partition coefficient (Wildman–Crippen LogP) is 5.17. The molecule has 2 saturated carbocycles. The monoisotopic (exact) mass is 475 g/mol. The summed E-state index contributed by atoms with van der Waals surface area (Å²) in [6.07, 6.45) is 2.07. The Morgan fingerprint density at radius 1 is 1.16 bits per heavy atom. The van der Waals surface area contributed by atoms with Gasteiger partial charge in [-0.15, -0.1) is 13.2 Å². The van der Waals surface area contributed by atoms with E-state index >= 15 is 0 Å². The van der Waals surface area contributed by atoms with Gasteiger partial charge in [0.15, 0.2) is 9.84 Å². The Labute approximate surface area is 187 Å². The van der Waals surface area contributed by atoms with Crippen LogP contribution in [0, 0.1) is 11.8 Å². The molecule has 0 bridgehead atoms. The van der Waals surface area contributed by atoms with E-state index in [-0.39, 0.29) is 22.5 Å². The van der Waals surface area contributed by atoms with Gasteiger partial charge >= 0.3 is 6.36 Å². The number of alkyl halides is 3. The topological polar surface area (TPSA) is 86.5 Å². The minimum Gasteiger partial charge on any atom is -0.406 e. The summed E-state index contributed by atoms with van der Waals surface area (Å²) < 4.78 is 66.7. The highest BCUT2D eigenvalue weighted by atomic mass is 32.2. The molecule has 0 aromatic heterocycles. The van der Waals surface area contributed by atoms with Gasteiger partial charge in [-0.25, -0.2) is 8.42 Å². The fourth-order valence-corrected chi connectivity index (χ4v) is 6.82. The van der Waals surface area contributed by atoms with Crippen molar-refractivity contribution < 1.29 is 31.1 Å². The van der Waals surface area contributed by atoms with E-state index in [0.29, 0.717) is 25.7 Å². The van der Waals surface area contributed by atoms with E-state index in [1.807, 2.05) is 0 Å². The van der Waals surface area contributed by atoms with Gasteiger partial charge in [0.05, 0.1) is 9.64 Å². The second kappa shape index (κ2) is 8.97. The van der Waals surface area contributed by atoms with Crippen LogP contribution in [0.5, 0.6) is 5.75 Å². The van der Waals surface area contributed by atoms with Crippen molar-refractivity contribution in [3.8, 4) is 5.75 Å². The molecule has 2 aliphatic carbocycles. The first-order valence-corrected chi connectivity index (χ1v) is 12.6. The van der Waals surface area contributed by atoms with E-state index in [4.69, 9.17) is 5.73 Å². The van der Waals surface area contributed by atoms with Gasteiger partial charge in [-0.1, -0.05) is 25.3 Å². The van der Waals surface area contributed by atoms with Gasteiger partial charge in [-0.05, 0) is 69.6 Å². The fourth-order valence-electron chi connectivity index (χ4n) is 5.05. The SMILES string of the molecule is CC(C)(C1CC(CC(=O)CC2(N)CCCCC2)C1)S(=O)(=O)c1cccc(OC(F)(F)F)c1. The summed E-state index contributed by atoms with van der Waals surface area (Å²) in [4.78, 5) is 12.3. The van der Waals surface area contributed by atoms with E-state index < -0.39 is 32.2 Å². The van der Waals surface area contributed by atoms with Gasteiger partial charge in [-0.2, -0.15) is 0 Å². The van der Waals surface area contributed by atoms with Crippen molar-refractivity contribution in [2.45, 2.75) is 93.2 Å². The molecule has 0 radical (unpaired) electrons. The van der Waals surface area contributed by atoms with Crippen molar-refractivity contribution in [3.63, 3.8) is 0 Å². The molecule has 0 amide bonds. The Balaban J connectivity index is 1.60. The number of sulfone groups is 1. The van der Waals surface area contributed by atoms with Crippen molar-refractivity contribution in [1.29, 1.82) is 0 Å². The van der Waals surface area contributed by atoms with E-state index in [1.54, 1.807) is 13.8 Å². The van der Waals surface area contributed by atoms with Crippen molar-refractivity contribution in [2.24, 2.45) is 17.6 Å². The third-order valence-corrected chi connectivity index (χ3v) is 9.77. The molecular weight excluding hydrogens is 443 g/mol. The summed E-state index contributed by atoms with van der Waals surface area (Å²) >= 11 is 0. The molecule has 2 fully saturated rings. The summed E-state index contributed by atoms with van der Waals surface area (Å²) in [5.74, 6) is -0.492. The van der Waals surface area contributed by atoms with Crippen molar-refractivity contribution >= 4 is 15.6 Å². The van der Waals surface area contributed by atoms with Gasteiger partial charge in [0.1, 0.15) is 11.5 Å². The molecule has 0 aliphatic heterocycles. The minimum absolute atomic E-state index is 0.120. The molecule has 0 saturated heterocycles. The van der Waals surface area contributed by atoms with Gasteiger partial charge in [0.2, 0.25) is 0 Å². The van der Waals surface area contributed by atoms with Crippen LogP contribution in [0.3, 0.4) is 0 Å². The molecule has 32 heavy (non-hydrogen) atoms. The molecule has 1 aromatic rings. The lowest BCUT2D eigenvalue weighted by Gasteiger charge is -2.45. The maximum Gasteiger partial charge on any atom is 0.573 e. The number of nitrogens with two attached hydrogens (primary N) is 1. The van der Waals surface area contributed by atoms with Gasteiger partial charge in [-0.3, -0.25) is 4.79 Å². The number of benzene rings is 1. The van der Waals surface area contributed by atoms with E-state index in [9.17, 15) is 26.4 Å². The number of ether oxygens (including phenoxy) is 1. The normalized spacial score (nSPS) is 23.9. The van der Waals surface area contributed by atoms with Crippen molar-refractivity contribution in [2.75, 3.05) is 0 Å². The van der Waals surface area contributed by atoms with Gasteiger partial charge < -0.3 is 10.5 Å². The number of Topliss-reactive ketones (excluding diaryl/α,β-unsaturated/α-hetero) is 1. The molecule has 180 valence electrons. The molecule has 9 heteroatoms. The molecule has 2 N–H and O–H groups in total. The van der Waals surface area contributed by atoms with Gasteiger partial charge in [0.25, 0.3) is 0 Å². The smallest absolute Gasteiger partial charge is 0.406 e. The Hall–Kier alpha value is -1.61. The number of hydrogen-bond donors (Lipinski definition) is 1. The third kappa shape index (κ3) is 5.65. The molecule has 5 nitrogen and oxygen atoms in total. The summed E-state index contributed by atoms with van der Waals surface area (Å²) in [5, 5.41) is 0. The second-order valence-electron chi connectivity index (χ2n) is 10.0. The van der Waals surface area contributed by atoms with Gasteiger partial charge in [0, 0.05) is 18.4 Å². The first-order chi connectivity index (χ1) is 14.7. The number of ketones is 1. The summed E-state index contributed by atoms with van der Waals surface area (Å²) in [5.41, 5.74) is 5.98. The fraction of sp³-hybridized carbons (Fsp3) is 0.696. The van der Waals surface area contributed by atoms with Crippen LogP contribution in [0.25, 0.3) is 0 Å². The maximum atomic E-state index is 13.2. The zero-order valence-corrected chi connectivity index (χ0v) is 19.4. The van der Waals surface area contributed by atoms with Crippen LogP contribution in [0.15, 0.2) is 29.2 Å². The zero-order valence-electron chi connectivity index (χ0n) is 18.6. The molecule has 2 aliphatic rings. The minimum atomic E-state index is -4.90. The van der Waals surface area contributed by atoms with Crippen LogP contribution in [0.1, 0.15) is 71.6 Å². The first kappa shape index (κ1) is 25.0. The molecule has 0 heterocycles. The Bertz CT molecular complexity index is 931. The zero-order chi connectivity index (χ0) is 23.8. The molecule has 0 spiro atoms.